The Bertz CT molecular complexity index is 160. The van der Waals surface area contributed by atoms with Gasteiger partial charge in [-0.1, -0.05) is 44.9 Å². The summed E-state index contributed by atoms with van der Waals surface area (Å²) < 4.78 is 0. The summed E-state index contributed by atoms with van der Waals surface area (Å²) in [6, 6.07) is 0.832. The van der Waals surface area contributed by atoms with E-state index in [1.165, 1.54) is 83.7 Å². The highest BCUT2D eigenvalue weighted by Crippen LogP contribution is 2.21. The third-order valence-corrected chi connectivity index (χ3v) is 4.16. The highest BCUT2D eigenvalue weighted by molar-refractivity contribution is 4.72. The van der Waals surface area contributed by atoms with Gasteiger partial charge in [0.05, 0.1) is 0 Å². The summed E-state index contributed by atoms with van der Waals surface area (Å²) in [5, 5.41) is 5.34. The molecule has 0 atom stereocenters. The molecule has 2 rings (SSSR count). The van der Waals surface area contributed by atoms with Gasteiger partial charge in [-0.2, -0.15) is 0 Å². The average molecular weight is 269 g/mol. The van der Waals surface area contributed by atoms with E-state index in [1.54, 1.807) is 0 Å². The lowest BCUT2D eigenvalue weighted by atomic mass is 9.96. The summed E-state index contributed by atoms with van der Waals surface area (Å²) in [7, 11) is 3.75. The lowest BCUT2D eigenvalue weighted by molar-refractivity contribution is 0.0927. The fourth-order valence-corrected chi connectivity index (χ4v) is 3.12. The van der Waals surface area contributed by atoms with Crippen LogP contribution in [0.4, 0.5) is 0 Å². The first-order valence-corrected chi connectivity index (χ1v) is 8.47. The topological polar surface area (TPSA) is 27.3 Å². The van der Waals surface area contributed by atoms with Gasteiger partial charge in [0, 0.05) is 19.1 Å². The minimum absolute atomic E-state index is 0.832. The van der Waals surface area contributed by atoms with Crippen LogP contribution in [-0.2, 0) is 0 Å². The van der Waals surface area contributed by atoms with E-state index in [4.69, 9.17) is 0 Å². The molecule has 1 heterocycles. The van der Waals surface area contributed by atoms with Crippen molar-refractivity contribution in [3.05, 3.63) is 0 Å². The molecule has 0 radical (unpaired) electrons. The van der Waals surface area contributed by atoms with Crippen LogP contribution >= 0.6 is 0 Å². The molecule has 3 nitrogen and oxygen atoms in total. The summed E-state index contributed by atoms with van der Waals surface area (Å²) in [5.41, 5.74) is 3.67. The third-order valence-electron chi connectivity index (χ3n) is 4.16. The Labute approximate surface area is 120 Å². The molecule has 2 aliphatic rings. The predicted molar refractivity (Wildman–Crippen MR) is 84.3 cm³/mol. The minimum atomic E-state index is 0.832. The summed E-state index contributed by atoms with van der Waals surface area (Å²) in [6.07, 6.45) is 15.8. The molecule has 1 saturated carbocycles. The number of hydrogen-bond acceptors (Lipinski definition) is 3. The van der Waals surface area contributed by atoms with E-state index in [0.717, 1.165) is 6.04 Å². The molecule has 0 bridgehead atoms. The lowest BCUT2D eigenvalue weighted by Gasteiger charge is -2.34. The Morgan fingerprint density at radius 1 is 0.789 bits per heavy atom. The largest absolute Gasteiger partial charge is 0.323 e. The van der Waals surface area contributed by atoms with Crippen LogP contribution in [0.25, 0.3) is 0 Å². The van der Waals surface area contributed by atoms with E-state index in [0.29, 0.717) is 0 Å². The fraction of sp³-hybridized carbons (Fsp3) is 1.00. The van der Waals surface area contributed by atoms with Gasteiger partial charge in [-0.3, -0.25) is 5.43 Å². The van der Waals surface area contributed by atoms with Crippen molar-refractivity contribution in [3.63, 3.8) is 0 Å². The first-order chi connectivity index (χ1) is 9.38. The molecule has 0 aromatic rings. The Morgan fingerprint density at radius 3 is 2.00 bits per heavy atom. The maximum atomic E-state index is 3.67. The molecule has 1 saturated heterocycles. The molecule has 0 aromatic carbocycles. The van der Waals surface area contributed by atoms with Crippen LogP contribution < -0.4 is 10.7 Å². The SMILES string of the molecule is C1CCCC(N2CCCCCCN2)CCC1.CNC. The molecule has 0 aromatic heterocycles. The summed E-state index contributed by atoms with van der Waals surface area (Å²) in [6.45, 7) is 2.49. The van der Waals surface area contributed by atoms with E-state index in [-0.39, 0.29) is 0 Å². The van der Waals surface area contributed by atoms with Gasteiger partial charge in [0.2, 0.25) is 0 Å². The summed E-state index contributed by atoms with van der Waals surface area (Å²) in [4.78, 5) is 0. The van der Waals surface area contributed by atoms with Crippen LogP contribution in [0.5, 0.6) is 0 Å². The molecule has 0 spiro atoms. The lowest BCUT2D eigenvalue weighted by Crippen LogP contribution is -2.47. The van der Waals surface area contributed by atoms with Gasteiger partial charge in [0.25, 0.3) is 0 Å². The average Bonchev–Trinajstić information content (AvgIpc) is 2.30. The minimum Gasteiger partial charge on any atom is -0.323 e. The first kappa shape index (κ1) is 16.9. The Morgan fingerprint density at radius 2 is 1.32 bits per heavy atom. The molecule has 3 heteroatoms. The Hall–Kier alpha value is -0.120. The van der Waals surface area contributed by atoms with Crippen molar-refractivity contribution in [2.75, 3.05) is 27.2 Å². The predicted octanol–water partition coefficient (Wildman–Crippen LogP) is 3.32. The highest BCUT2D eigenvalue weighted by Gasteiger charge is 2.19. The van der Waals surface area contributed by atoms with Crippen molar-refractivity contribution in [1.82, 2.24) is 15.8 Å². The summed E-state index contributed by atoms with van der Waals surface area (Å²) in [5.74, 6) is 0. The second-order valence-electron chi connectivity index (χ2n) is 6.01. The molecule has 1 aliphatic heterocycles. The number of rotatable bonds is 1. The molecule has 114 valence electrons. The molecular weight excluding hydrogens is 234 g/mol. The number of hydrogen-bond donors (Lipinski definition) is 2. The normalized spacial score (nSPS) is 24.3. The van der Waals surface area contributed by atoms with Crippen molar-refractivity contribution >= 4 is 0 Å². The van der Waals surface area contributed by atoms with Crippen molar-refractivity contribution < 1.29 is 0 Å². The molecule has 19 heavy (non-hydrogen) atoms. The molecule has 2 fully saturated rings. The zero-order valence-electron chi connectivity index (χ0n) is 13.2. The van der Waals surface area contributed by atoms with Crippen LogP contribution in [0.3, 0.4) is 0 Å². The van der Waals surface area contributed by atoms with Gasteiger partial charge >= 0.3 is 0 Å². The van der Waals surface area contributed by atoms with Gasteiger partial charge in [-0.05, 0) is 39.8 Å². The van der Waals surface area contributed by atoms with Crippen LogP contribution in [-0.4, -0.2) is 38.2 Å². The zero-order valence-corrected chi connectivity index (χ0v) is 13.2. The van der Waals surface area contributed by atoms with E-state index < -0.39 is 0 Å². The third kappa shape index (κ3) is 7.91. The van der Waals surface area contributed by atoms with E-state index in [1.807, 2.05) is 14.1 Å². The maximum Gasteiger partial charge on any atom is 0.0243 e. The number of nitrogens with one attached hydrogen (secondary N) is 2. The fourth-order valence-electron chi connectivity index (χ4n) is 3.12. The van der Waals surface area contributed by atoms with Crippen molar-refractivity contribution in [2.45, 2.75) is 76.7 Å². The number of nitrogens with zero attached hydrogens (tertiary/aromatic N) is 1. The van der Waals surface area contributed by atoms with Gasteiger partial charge in [0.1, 0.15) is 0 Å². The Kier molecular flexibility index (Phi) is 10.4. The van der Waals surface area contributed by atoms with E-state index in [9.17, 15) is 0 Å². The maximum absolute atomic E-state index is 3.67. The molecule has 0 unspecified atom stereocenters. The van der Waals surface area contributed by atoms with Crippen molar-refractivity contribution in [3.8, 4) is 0 Å². The van der Waals surface area contributed by atoms with Crippen LogP contribution in [0, 0.1) is 0 Å². The van der Waals surface area contributed by atoms with Gasteiger partial charge in [-0.25, -0.2) is 5.01 Å². The van der Waals surface area contributed by atoms with E-state index >= 15 is 0 Å². The molecular formula is C16H35N3. The smallest absolute Gasteiger partial charge is 0.0243 e. The zero-order chi connectivity index (χ0) is 13.8. The molecule has 1 aliphatic carbocycles. The van der Waals surface area contributed by atoms with Crippen molar-refractivity contribution in [2.24, 2.45) is 0 Å². The highest BCUT2D eigenvalue weighted by atomic mass is 15.5. The molecule has 2 N–H and O–H groups in total. The van der Waals surface area contributed by atoms with Gasteiger partial charge in [-0.15, -0.1) is 0 Å². The monoisotopic (exact) mass is 269 g/mol. The van der Waals surface area contributed by atoms with Crippen LogP contribution in [0.1, 0.15) is 70.6 Å². The van der Waals surface area contributed by atoms with Crippen LogP contribution in [0.2, 0.25) is 0 Å². The van der Waals surface area contributed by atoms with E-state index in [2.05, 4.69) is 15.8 Å². The van der Waals surface area contributed by atoms with Gasteiger partial charge < -0.3 is 5.32 Å². The second kappa shape index (κ2) is 11.7. The van der Waals surface area contributed by atoms with Gasteiger partial charge in [0.15, 0.2) is 0 Å². The standard InChI is InChI=1S/C14H28N2.C2H7N/c1-2-6-10-14(11-7-3-1)16-13-9-5-4-8-12-15-16;1-3-2/h14-15H,1-13H2;3H,1-2H3. The van der Waals surface area contributed by atoms with Crippen LogP contribution in [0.15, 0.2) is 0 Å². The summed E-state index contributed by atoms with van der Waals surface area (Å²) >= 11 is 0. The number of hydrazine groups is 1. The van der Waals surface area contributed by atoms with Crippen molar-refractivity contribution in [1.29, 1.82) is 0 Å². The quantitative estimate of drug-likeness (QED) is 0.765. The molecule has 0 amide bonds. The Balaban J connectivity index is 0.000000550. The second-order valence-corrected chi connectivity index (χ2v) is 6.01. The first-order valence-electron chi connectivity index (χ1n) is 8.47.